The lowest BCUT2D eigenvalue weighted by atomic mass is 10.1. The van der Waals surface area contributed by atoms with Crippen LogP contribution in [0.5, 0.6) is 0 Å². The molecule has 3 rings (SSSR count). The molecule has 0 aromatic carbocycles. The number of pyridine rings is 1. The Morgan fingerprint density at radius 2 is 2.12 bits per heavy atom. The highest BCUT2D eigenvalue weighted by molar-refractivity contribution is 5.77. The standard InChI is InChI=1S/C18H28N4O2/c19-17(21-12-8-15-7-3-6-11-20-15)22-13-16-14-23-18(24-16)9-4-1-2-5-10-18/h3,6-7,11,16H,1-2,4-5,8-10,12-14H2,(H3,19,21,22). The summed E-state index contributed by atoms with van der Waals surface area (Å²) in [7, 11) is 0. The summed E-state index contributed by atoms with van der Waals surface area (Å²) in [5.41, 5.74) is 6.98. The van der Waals surface area contributed by atoms with Crippen LogP contribution in [0.1, 0.15) is 44.2 Å². The van der Waals surface area contributed by atoms with Gasteiger partial charge in [0.25, 0.3) is 0 Å². The maximum atomic E-state index is 6.17. The fourth-order valence-corrected chi connectivity index (χ4v) is 3.36. The van der Waals surface area contributed by atoms with E-state index in [0.717, 1.165) is 31.5 Å². The van der Waals surface area contributed by atoms with Crippen molar-refractivity contribution in [3.8, 4) is 0 Å². The van der Waals surface area contributed by atoms with Crippen LogP contribution >= 0.6 is 0 Å². The minimum absolute atomic E-state index is 0.0132. The van der Waals surface area contributed by atoms with Gasteiger partial charge in [-0.2, -0.15) is 0 Å². The molecule has 6 nitrogen and oxygen atoms in total. The van der Waals surface area contributed by atoms with Gasteiger partial charge in [-0.25, -0.2) is 0 Å². The van der Waals surface area contributed by atoms with E-state index in [-0.39, 0.29) is 11.9 Å². The molecule has 2 aliphatic rings. The van der Waals surface area contributed by atoms with Gasteiger partial charge in [-0.3, -0.25) is 9.98 Å². The van der Waals surface area contributed by atoms with Crippen molar-refractivity contribution >= 4 is 5.96 Å². The van der Waals surface area contributed by atoms with Crippen molar-refractivity contribution in [1.29, 1.82) is 0 Å². The van der Waals surface area contributed by atoms with Crippen molar-refractivity contribution in [1.82, 2.24) is 10.3 Å². The molecule has 1 atom stereocenters. The average Bonchev–Trinajstić information content (AvgIpc) is 2.85. The van der Waals surface area contributed by atoms with Crippen LogP contribution < -0.4 is 11.1 Å². The molecule has 1 aromatic heterocycles. The Hall–Kier alpha value is -1.66. The molecule has 2 heterocycles. The third kappa shape index (κ3) is 4.92. The SMILES string of the molecule is NC(=NCC1COC2(CCCCCC2)O1)NCCc1ccccn1. The molecule has 24 heavy (non-hydrogen) atoms. The number of guanidine groups is 1. The largest absolute Gasteiger partial charge is 0.370 e. The second-order valence-corrected chi connectivity index (χ2v) is 6.60. The van der Waals surface area contributed by atoms with Gasteiger partial charge < -0.3 is 20.5 Å². The molecule has 1 unspecified atom stereocenters. The first-order valence-corrected chi connectivity index (χ1v) is 9.01. The van der Waals surface area contributed by atoms with Crippen LogP contribution in [0.3, 0.4) is 0 Å². The van der Waals surface area contributed by atoms with Crippen LogP contribution in [0.2, 0.25) is 0 Å². The molecule has 1 aromatic rings. The van der Waals surface area contributed by atoms with E-state index in [1.807, 2.05) is 18.2 Å². The molecular weight excluding hydrogens is 304 g/mol. The normalized spacial score (nSPS) is 24.0. The number of nitrogens with one attached hydrogen (secondary N) is 1. The molecule has 0 bridgehead atoms. The van der Waals surface area contributed by atoms with Crippen LogP contribution in [0, 0.1) is 0 Å². The van der Waals surface area contributed by atoms with E-state index in [2.05, 4.69) is 15.3 Å². The van der Waals surface area contributed by atoms with E-state index in [4.69, 9.17) is 15.2 Å². The van der Waals surface area contributed by atoms with E-state index < -0.39 is 0 Å². The third-order valence-electron chi connectivity index (χ3n) is 4.66. The predicted octanol–water partition coefficient (Wildman–Crippen LogP) is 1.99. The van der Waals surface area contributed by atoms with Gasteiger partial charge in [0.05, 0.1) is 13.2 Å². The Labute approximate surface area is 143 Å². The van der Waals surface area contributed by atoms with Gasteiger partial charge >= 0.3 is 0 Å². The average molecular weight is 332 g/mol. The maximum Gasteiger partial charge on any atom is 0.188 e. The van der Waals surface area contributed by atoms with E-state index in [0.29, 0.717) is 19.1 Å². The zero-order valence-electron chi connectivity index (χ0n) is 14.2. The van der Waals surface area contributed by atoms with E-state index in [1.54, 1.807) is 6.20 Å². The fraction of sp³-hybridized carbons (Fsp3) is 0.667. The van der Waals surface area contributed by atoms with Crippen LogP contribution in [0.4, 0.5) is 0 Å². The predicted molar refractivity (Wildman–Crippen MR) is 93.7 cm³/mol. The van der Waals surface area contributed by atoms with E-state index in [9.17, 15) is 0 Å². The molecule has 1 aliphatic heterocycles. The Kier molecular flexibility index (Phi) is 6.04. The minimum Gasteiger partial charge on any atom is -0.370 e. The van der Waals surface area contributed by atoms with Crippen molar-refractivity contribution in [2.24, 2.45) is 10.7 Å². The summed E-state index contributed by atoms with van der Waals surface area (Å²) >= 11 is 0. The Balaban J connectivity index is 1.39. The molecule has 0 amide bonds. The molecule has 3 N–H and O–H groups in total. The highest BCUT2D eigenvalue weighted by Crippen LogP contribution is 2.36. The summed E-state index contributed by atoms with van der Waals surface area (Å²) in [5.74, 6) is 0.106. The lowest BCUT2D eigenvalue weighted by Crippen LogP contribution is -2.35. The van der Waals surface area contributed by atoms with Gasteiger partial charge in [-0.05, 0) is 25.0 Å². The number of hydrogen-bond acceptors (Lipinski definition) is 4. The lowest BCUT2D eigenvalue weighted by molar-refractivity contribution is -0.174. The van der Waals surface area contributed by atoms with Crippen molar-refractivity contribution in [3.05, 3.63) is 30.1 Å². The molecule has 6 heteroatoms. The number of aliphatic imine (C=N–C) groups is 1. The van der Waals surface area contributed by atoms with Gasteiger partial charge in [-0.1, -0.05) is 18.9 Å². The highest BCUT2D eigenvalue weighted by atomic mass is 16.7. The Morgan fingerprint density at radius 1 is 1.29 bits per heavy atom. The van der Waals surface area contributed by atoms with Crippen molar-refractivity contribution in [3.63, 3.8) is 0 Å². The summed E-state index contributed by atoms with van der Waals surface area (Å²) < 4.78 is 12.2. The molecule has 2 fully saturated rings. The summed E-state index contributed by atoms with van der Waals surface area (Å²) in [6.07, 6.45) is 9.58. The molecule has 1 aliphatic carbocycles. The number of nitrogens with zero attached hydrogens (tertiary/aromatic N) is 2. The van der Waals surface area contributed by atoms with Crippen LogP contribution in [0.25, 0.3) is 0 Å². The number of hydrogen-bond donors (Lipinski definition) is 2. The zero-order valence-corrected chi connectivity index (χ0v) is 14.2. The smallest absolute Gasteiger partial charge is 0.188 e. The summed E-state index contributed by atoms with van der Waals surface area (Å²) in [6.45, 7) is 1.88. The third-order valence-corrected chi connectivity index (χ3v) is 4.66. The number of aromatic nitrogens is 1. The highest BCUT2D eigenvalue weighted by Gasteiger charge is 2.41. The number of rotatable bonds is 5. The lowest BCUT2D eigenvalue weighted by Gasteiger charge is -2.26. The second kappa shape index (κ2) is 8.44. The molecule has 1 spiro atoms. The molecule has 1 saturated heterocycles. The fourth-order valence-electron chi connectivity index (χ4n) is 3.36. The first-order valence-electron chi connectivity index (χ1n) is 9.01. The second-order valence-electron chi connectivity index (χ2n) is 6.60. The molecule has 132 valence electrons. The Morgan fingerprint density at radius 3 is 2.88 bits per heavy atom. The van der Waals surface area contributed by atoms with Gasteiger partial charge in [0.2, 0.25) is 0 Å². The van der Waals surface area contributed by atoms with Crippen molar-refractivity contribution < 1.29 is 9.47 Å². The topological polar surface area (TPSA) is 81.8 Å². The summed E-state index contributed by atoms with van der Waals surface area (Å²) in [6, 6.07) is 5.91. The molecule has 0 radical (unpaired) electrons. The summed E-state index contributed by atoms with van der Waals surface area (Å²) in [5, 5.41) is 3.13. The molecule has 1 saturated carbocycles. The zero-order chi connectivity index (χ0) is 16.7. The number of nitrogens with two attached hydrogens (primary N) is 1. The van der Waals surface area contributed by atoms with Gasteiger partial charge in [0.15, 0.2) is 11.7 Å². The molecular formula is C18H28N4O2. The van der Waals surface area contributed by atoms with Crippen LogP contribution in [0.15, 0.2) is 29.4 Å². The quantitative estimate of drug-likeness (QED) is 0.636. The minimum atomic E-state index is -0.349. The van der Waals surface area contributed by atoms with E-state index >= 15 is 0 Å². The van der Waals surface area contributed by atoms with Crippen LogP contribution in [-0.4, -0.2) is 42.5 Å². The van der Waals surface area contributed by atoms with Crippen LogP contribution in [-0.2, 0) is 15.9 Å². The number of ether oxygens (including phenoxy) is 2. The van der Waals surface area contributed by atoms with Gasteiger partial charge in [0, 0.05) is 37.7 Å². The van der Waals surface area contributed by atoms with Crippen molar-refractivity contribution in [2.75, 3.05) is 19.7 Å². The van der Waals surface area contributed by atoms with Gasteiger partial charge in [0.1, 0.15) is 6.10 Å². The maximum absolute atomic E-state index is 6.17. The van der Waals surface area contributed by atoms with Crippen molar-refractivity contribution in [2.45, 2.75) is 56.8 Å². The first kappa shape index (κ1) is 17.2. The summed E-state index contributed by atoms with van der Waals surface area (Å²) in [4.78, 5) is 8.68. The van der Waals surface area contributed by atoms with Gasteiger partial charge in [-0.15, -0.1) is 0 Å². The first-order chi connectivity index (χ1) is 11.8. The monoisotopic (exact) mass is 332 g/mol. The Bertz CT molecular complexity index is 527. The van der Waals surface area contributed by atoms with E-state index in [1.165, 1.54) is 25.7 Å².